The van der Waals surface area contributed by atoms with Crippen LogP contribution in [0.2, 0.25) is 0 Å². The van der Waals surface area contributed by atoms with Gasteiger partial charge >= 0.3 is 0 Å². The van der Waals surface area contributed by atoms with E-state index in [1.165, 1.54) is 83.5 Å². The number of hydrogen-bond acceptors (Lipinski definition) is 3. The Morgan fingerprint density at radius 3 is 2.17 bits per heavy atom. The number of hydrogen-bond donors (Lipinski definition) is 0. The van der Waals surface area contributed by atoms with Crippen molar-refractivity contribution in [3.8, 4) is 0 Å². The molecule has 2 saturated heterocycles. The summed E-state index contributed by atoms with van der Waals surface area (Å²) >= 11 is 0. The molecule has 0 bridgehead atoms. The van der Waals surface area contributed by atoms with E-state index in [0.29, 0.717) is 0 Å². The maximum absolute atomic E-state index is 4.05. The molecular weight excluding hydrogens is 282 g/mol. The van der Waals surface area contributed by atoms with Gasteiger partial charge in [0.2, 0.25) is 0 Å². The Kier molecular flexibility index (Phi) is 6.17. The van der Waals surface area contributed by atoms with Gasteiger partial charge in [-0.25, -0.2) is 0 Å². The van der Waals surface area contributed by atoms with Gasteiger partial charge < -0.3 is 4.90 Å². The van der Waals surface area contributed by atoms with E-state index in [1.54, 1.807) is 0 Å². The van der Waals surface area contributed by atoms with Crippen LogP contribution in [0.3, 0.4) is 0 Å². The number of piperazine rings is 1. The van der Waals surface area contributed by atoms with Crippen molar-refractivity contribution in [1.29, 1.82) is 0 Å². The van der Waals surface area contributed by atoms with Crippen molar-refractivity contribution in [2.24, 2.45) is 11.8 Å². The summed E-state index contributed by atoms with van der Waals surface area (Å²) < 4.78 is 0. The van der Waals surface area contributed by atoms with Gasteiger partial charge in [0.1, 0.15) is 0 Å². The van der Waals surface area contributed by atoms with Gasteiger partial charge in [0.05, 0.1) is 0 Å². The largest absolute Gasteiger partial charge is 0.303 e. The minimum Gasteiger partial charge on any atom is -0.303 e. The predicted molar refractivity (Wildman–Crippen MR) is 98.8 cm³/mol. The first-order valence-electron chi connectivity index (χ1n) is 9.93. The van der Waals surface area contributed by atoms with Gasteiger partial charge in [0, 0.05) is 45.3 Å². The van der Waals surface area contributed by atoms with Gasteiger partial charge in [-0.3, -0.25) is 9.80 Å². The Bertz CT molecular complexity index is 378. The van der Waals surface area contributed by atoms with Crippen molar-refractivity contribution in [2.45, 2.75) is 52.0 Å². The Balaban J connectivity index is 1.35. The first kappa shape index (κ1) is 17.4. The highest BCUT2D eigenvalue weighted by molar-refractivity contribution is 4.94. The molecule has 132 valence electrons. The van der Waals surface area contributed by atoms with E-state index >= 15 is 0 Å². The Hall–Kier alpha value is -0.380. The van der Waals surface area contributed by atoms with E-state index in [2.05, 4.69) is 35.1 Å². The second-order valence-corrected chi connectivity index (χ2v) is 8.59. The first-order chi connectivity index (χ1) is 11.1. The molecule has 2 atom stereocenters. The normalized spacial score (nSPS) is 32.4. The second kappa shape index (κ2) is 8.13. The Morgan fingerprint density at radius 2 is 1.61 bits per heavy atom. The molecule has 2 heterocycles. The first-order valence-corrected chi connectivity index (χ1v) is 9.93. The third-order valence-electron chi connectivity index (χ3n) is 6.29. The van der Waals surface area contributed by atoms with Crippen LogP contribution in [0.15, 0.2) is 12.2 Å². The van der Waals surface area contributed by atoms with Crippen molar-refractivity contribution < 1.29 is 0 Å². The zero-order chi connectivity index (χ0) is 16.2. The highest BCUT2D eigenvalue weighted by Crippen LogP contribution is 2.31. The topological polar surface area (TPSA) is 9.72 Å². The summed E-state index contributed by atoms with van der Waals surface area (Å²) in [6.45, 7) is 18.7. The molecule has 3 aliphatic rings. The monoisotopic (exact) mass is 319 g/mol. The van der Waals surface area contributed by atoms with E-state index in [1.807, 2.05) is 0 Å². The van der Waals surface area contributed by atoms with Crippen LogP contribution in [0.4, 0.5) is 0 Å². The van der Waals surface area contributed by atoms with Gasteiger partial charge in [-0.05, 0) is 57.5 Å². The van der Waals surface area contributed by atoms with Gasteiger partial charge in [-0.15, -0.1) is 0 Å². The van der Waals surface area contributed by atoms with Gasteiger partial charge in [-0.2, -0.15) is 0 Å². The van der Waals surface area contributed by atoms with Crippen LogP contribution in [-0.4, -0.2) is 73.1 Å². The van der Waals surface area contributed by atoms with Crippen LogP contribution in [0.1, 0.15) is 46.0 Å². The molecule has 1 unspecified atom stereocenters. The van der Waals surface area contributed by atoms with Crippen molar-refractivity contribution in [3.63, 3.8) is 0 Å². The Labute approximate surface area is 143 Å². The van der Waals surface area contributed by atoms with Gasteiger partial charge in [-0.1, -0.05) is 25.5 Å². The fourth-order valence-corrected chi connectivity index (χ4v) is 4.99. The summed E-state index contributed by atoms with van der Waals surface area (Å²) in [4.78, 5) is 8.09. The lowest BCUT2D eigenvalue weighted by Crippen LogP contribution is -2.53. The van der Waals surface area contributed by atoms with Crippen molar-refractivity contribution >= 4 is 0 Å². The van der Waals surface area contributed by atoms with Crippen LogP contribution < -0.4 is 0 Å². The summed E-state index contributed by atoms with van der Waals surface area (Å²) in [5, 5.41) is 0. The van der Waals surface area contributed by atoms with Crippen LogP contribution >= 0.6 is 0 Å². The molecule has 0 radical (unpaired) electrons. The average molecular weight is 320 g/mol. The smallest absolute Gasteiger partial charge is 0.0188 e. The molecule has 1 aliphatic carbocycles. The molecule has 0 aromatic rings. The maximum atomic E-state index is 4.05. The summed E-state index contributed by atoms with van der Waals surface area (Å²) in [6.07, 6.45) is 7.21. The van der Waals surface area contributed by atoms with Crippen LogP contribution in [0.25, 0.3) is 0 Å². The van der Waals surface area contributed by atoms with Crippen LogP contribution in [-0.2, 0) is 0 Å². The number of piperidine rings is 1. The van der Waals surface area contributed by atoms with Crippen LogP contribution in [0, 0.1) is 11.8 Å². The van der Waals surface area contributed by atoms with Crippen molar-refractivity contribution in [3.05, 3.63) is 12.2 Å². The standard InChI is InChI=1S/C20H37N3/c1-17(2)15-22-10-12-23(13-11-22)20-6-8-21(9-7-20)16-19-5-4-18(3)14-19/h18-20H,1,4-16H2,2-3H3/t18?,19-/m0/s1. The van der Waals surface area contributed by atoms with E-state index in [4.69, 9.17) is 0 Å². The molecule has 3 rings (SSSR count). The fraction of sp³-hybridized carbons (Fsp3) is 0.900. The summed E-state index contributed by atoms with van der Waals surface area (Å²) in [5.74, 6) is 1.97. The molecule has 3 heteroatoms. The number of rotatable bonds is 5. The molecule has 0 amide bonds. The fourth-order valence-electron chi connectivity index (χ4n) is 4.99. The molecular formula is C20H37N3. The lowest BCUT2D eigenvalue weighted by molar-refractivity contribution is 0.0585. The van der Waals surface area contributed by atoms with E-state index < -0.39 is 0 Å². The zero-order valence-corrected chi connectivity index (χ0v) is 15.5. The van der Waals surface area contributed by atoms with Gasteiger partial charge in [0.15, 0.2) is 0 Å². The SMILES string of the molecule is C=C(C)CN1CCN(C2CCN(C[C@H]3CCC(C)C3)CC2)CC1. The van der Waals surface area contributed by atoms with E-state index in [0.717, 1.165) is 24.4 Å². The Morgan fingerprint density at radius 1 is 0.913 bits per heavy atom. The second-order valence-electron chi connectivity index (χ2n) is 8.59. The number of nitrogens with zero attached hydrogens (tertiary/aromatic N) is 3. The minimum absolute atomic E-state index is 0.848. The molecule has 0 aromatic heterocycles. The third-order valence-corrected chi connectivity index (χ3v) is 6.29. The highest BCUT2D eigenvalue weighted by Gasteiger charge is 2.29. The molecule has 0 spiro atoms. The average Bonchev–Trinajstić information content (AvgIpc) is 2.93. The highest BCUT2D eigenvalue weighted by atomic mass is 15.3. The lowest BCUT2D eigenvalue weighted by atomic mass is 9.99. The molecule has 0 N–H and O–H groups in total. The minimum atomic E-state index is 0.848. The summed E-state index contributed by atoms with van der Waals surface area (Å²) in [7, 11) is 0. The molecule has 3 fully saturated rings. The quantitative estimate of drug-likeness (QED) is 0.721. The molecule has 2 aliphatic heterocycles. The van der Waals surface area contributed by atoms with Crippen LogP contribution in [0.5, 0.6) is 0 Å². The zero-order valence-electron chi connectivity index (χ0n) is 15.5. The van der Waals surface area contributed by atoms with E-state index in [9.17, 15) is 0 Å². The molecule has 23 heavy (non-hydrogen) atoms. The van der Waals surface area contributed by atoms with Crippen molar-refractivity contribution in [1.82, 2.24) is 14.7 Å². The molecule has 0 aromatic carbocycles. The number of likely N-dealkylation sites (tertiary alicyclic amines) is 1. The summed E-state index contributed by atoms with van der Waals surface area (Å²) in [5.41, 5.74) is 1.30. The third kappa shape index (κ3) is 5.04. The lowest BCUT2D eigenvalue weighted by Gasteiger charge is -2.43. The maximum Gasteiger partial charge on any atom is 0.0188 e. The molecule has 3 nitrogen and oxygen atoms in total. The predicted octanol–water partition coefficient (Wildman–Crippen LogP) is 3.08. The van der Waals surface area contributed by atoms with Gasteiger partial charge in [0.25, 0.3) is 0 Å². The molecule has 1 saturated carbocycles. The summed E-state index contributed by atoms with van der Waals surface area (Å²) in [6, 6.07) is 0.848. The van der Waals surface area contributed by atoms with E-state index in [-0.39, 0.29) is 0 Å². The van der Waals surface area contributed by atoms with Crippen molar-refractivity contribution in [2.75, 3.05) is 52.4 Å².